The third-order valence-electron chi connectivity index (χ3n) is 4.29. The van der Waals surface area contributed by atoms with Crippen molar-refractivity contribution in [2.24, 2.45) is 0 Å². The Labute approximate surface area is 161 Å². The molecule has 7 nitrogen and oxygen atoms in total. The minimum absolute atomic E-state index is 0.186. The van der Waals surface area contributed by atoms with Crippen LogP contribution in [0.1, 0.15) is 50.7 Å². The van der Waals surface area contributed by atoms with Crippen molar-refractivity contribution in [3.63, 3.8) is 0 Å². The number of benzene rings is 1. The lowest BCUT2D eigenvalue weighted by Crippen LogP contribution is -2.30. The molecule has 3 aromatic rings. The van der Waals surface area contributed by atoms with Gasteiger partial charge in [-0.3, -0.25) is 4.79 Å². The van der Waals surface area contributed by atoms with Crippen LogP contribution in [-0.2, 0) is 11.3 Å². The van der Waals surface area contributed by atoms with Crippen LogP contribution in [0, 0.1) is 0 Å². The van der Waals surface area contributed by atoms with Crippen LogP contribution >= 0.6 is 11.3 Å². The number of para-hydroxylation sites is 1. The zero-order valence-corrected chi connectivity index (χ0v) is 16.7. The van der Waals surface area contributed by atoms with Crippen molar-refractivity contribution in [3.05, 3.63) is 57.3 Å². The molecule has 3 rings (SSSR count). The van der Waals surface area contributed by atoms with Crippen molar-refractivity contribution < 1.29 is 4.79 Å². The lowest BCUT2D eigenvalue weighted by molar-refractivity contribution is -0.117. The minimum atomic E-state index is -0.436. The van der Waals surface area contributed by atoms with Gasteiger partial charge in [0.25, 0.3) is 0 Å². The number of tetrazole rings is 1. The van der Waals surface area contributed by atoms with Crippen LogP contribution in [0.15, 0.2) is 40.5 Å². The van der Waals surface area contributed by atoms with E-state index in [1.807, 2.05) is 29.6 Å². The Morgan fingerprint density at radius 2 is 1.74 bits per heavy atom. The summed E-state index contributed by atoms with van der Waals surface area (Å²) < 4.78 is 2.27. The predicted molar refractivity (Wildman–Crippen MR) is 107 cm³/mol. The first kappa shape index (κ1) is 19.0. The van der Waals surface area contributed by atoms with Crippen molar-refractivity contribution in [1.82, 2.24) is 19.8 Å². The van der Waals surface area contributed by atoms with E-state index >= 15 is 0 Å². The van der Waals surface area contributed by atoms with Crippen LogP contribution < -0.4 is 11.0 Å². The van der Waals surface area contributed by atoms with E-state index in [-0.39, 0.29) is 24.3 Å². The molecule has 0 aliphatic heterocycles. The van der Waals surface area contributed by atoms with E-state index < -0.39 is 5.69 Å². The molecule has 0 bridgehead atoms. The average Bonchev–Trinajstić information content (AvgIpc) is 3.25. The number of amides is 1. The summed E-state index contributed by atoms with van der Waals surface area (Å²) in [6.45, 7) is 8.17. The van der Waals surface area contributed by atoms with E-state index in [1.54, 1.807) is 6.07 Å². The second-order valence-electron chi connectivity index (χ2n) is 6.95. The quantitative estimate of drug-likeness (QED) is 0.705. The van der Waals surface area contributed by atoms with Crippen LogP contribution in [0.4, 0.5) is 5.69 Å². The molecule has 0 radical (unpaired) electrons. The van der Waals surface area contributed by atoms with Gasteiger partial charge in [-0.05, 0) is 50.9 Å². The maximum Gasteiger partial charge on any atom is 0.369 e. The highest BCUT2D eigenvalue weighted by molar-refractivity contribution is 7.12. The summed E-state index contributed by atoms with van der Waals surface area (Å²) in [6, 6.07) is 9.65. The first-order valence-corrected chi connectivity index (χ1v) is 9.75. The zero-order chi connectivity index (χ0) is 19.6. The molecule has 0 aliphatic carbocycles. The number of carbonyl (C=O) groups excluding carboxylic acids is 1. The van der Waals surface area contributed by atoms with Crippen molar-refractivity contribution in [3.8, 4) is 5.00 Å². The molecule has 1 N–H and O–H groups in total. The Hall–Kier alpha value is -2.74. The van der Waals surface area contributed by atoms with Gasteiger partial charge in [0.05, 0.1) is 0 Å². The topological polar surface area (TPSA) is 81.8 Å². The molecular formula is C19H23N5O2S. The standard InChI is InChI=1S/C19H23N5O2S/c1-12(2)14-7-5-8-15(13(3)4)18(14)20-16(25)11-23-19(26)24(22-21-23)17-9-6-10-27-17/h5-10,12-13H,11H2,1-4H3,(H,20,25). The highest BCUT2D eigenvalue weighted by Gasteiger charge is 2.18. The van der Waals surface area contributed by atoms with E-state index in [2.05, 4.69) is 43.4 Å². The van der Waals surface area contributed by atoms with Gasteiger partial charge in [-0.1, -0.05) is 45.9 Å². The normalized spacial score (nSPS) is 11.3. The van der Waals surface area contributed by atoms with Crippen molar-refractivity contribution in [1.29, 1.82) is 0 Å². The number of nitrogens with one attached hydrogen (secondary N) is 1. The number of hydrogen-bond donors (Lipinski definition) is 1. The summed E-state index contributed by atoms with van der Waals surface area (Å²) in [7, 11) is 0. The average molecular weight is 385 g/mol. The first-order chi connectivity index (χ1) is 12.9. The highest BCUT2D eigenvalue weighted by atomic mass is 32.1. The fraction of sp³-hybridized carbons (Fsp3) is 0.368. The smallest absolute Gasteiger partial charge is 0.324 e. The molecule has 1 aromatic carbocycles. The summed E-state index contributed by atoms with van der Waals surface area (Å²) in [5.74, 6) is 0.230. The summed E-state index contributed by atoms with van der Waals surface area (Å²) in [6.07, 6.45) is 0. The van der Waals surface area contributed by atoms with E-state index in [1.165, 1.54) is 16.0 Å². The molecule has 142 valence electrons. The van der Waals surface area contributed by atoms with Gasteiger partial charge in [0, 0.05) is 5.69 Å². The van der Waals surface area contributed by atoms with Gasteiger partial charge in [0.2, 0.25) is 5.91 Å². The third kappa shape index (κ3) is 4.00. The Bertz CT molecular complexity index is 960. The second-order valence-corrected chi connectivity index (χ2v) is 7.88. The fourth-order valence-electron chi connectivity index (χ4n) is 2.91. The first-order valence-electron chi connectivity index (χ1n) is 8.87. The molecular weight excluding hydrogens is 362 g/mol. The number of aromatic nitrogens is 4. The summed E-state index contributed by atoms with van der Waals surface area (Å²) in [5.41, 5.74) is 2.54. The summed E-state index contributed by atoms with van der Waals surface area (Å²) in [4.78, 5) is 25.1. The molecule has 27 heavy (non-hydrogen) atoms. The molecule has 2 aromatic heterocycles. The van der Waals surface area contributed by atoms with Gasteiger partial charge >= 0.3 is 5.69 Å². The van der Waals surface area contributed by atoms with E-state index in [9.17, 15) is 9.59 Å². The van der Waals surface area contributed by atoms with Gasteiger partial charge in [0.1, 0.15) is 11.5 Å². The Balaban J connectivity index is 1.84. The molecule has 1 amide bonds. The van der Waals surface area contributed by atoms with Gasteiger partial charge < -0.3 is 5.32 Å². The number of rotatable bonds is 6. The monoisotopic (exact) mass is 385 g/mol. The molecule has 0 unspecified atom stereocenters. The van der Waals surface area contributed by atoms with Crippen LogP contribution in [0.5, 0.6) is 0 Å². The number of nitrogens with zero attached hydrogens (tertiary/aromatic N) is 4. The Kier molecular flexibility index (Phi) is 5.55. The molecule has 0 saturated heterocycles. The number of hydrogen-bond acceptors (Lipinski definition) is 5. The van der Waals surface area contributed by atoms with Gasteiger partial charge in [0.15, 0.2) is 0 Å². The number of thiophene rings is 1. The molecule has 8 heteroatoms. The molecule has 0 aliphatic rings. The van der Waals surface area contributed by atoms with Crippen LogP contribution in [0.25, 0.3) is 5.00 Å². The molecule has 2 heterocycles. The predicted octanol–water partition coefficient (Wildman–Crippen LogP) is 3.38. The highest BCUT2D eigenvalue weighted by Crippen LogP contribution is 2.32. The maximum atomic E-state index is 12.6. The van der Waals surface area contributed by atoms with Gasteiger partial charge in [-0.2, -0.15) is 9.36 Å². The van der Waals surface area contributed by atoms with Gasteiger partial charge in [-0.25, -0.2) is 4.79 Å². The van der Waals surface area contributed by atoms with E-state index in [0.29, 0.717) is 5.00 Å². The largest absolute Gasteiger partial charge is 0.369 e. The lowest BCUT2D eigenvalue weighted by atomic mass is 9.92. The van der Waals surface area contributed by atoms with Crippen molar-refractivity contribution in [2.45, 2.75) is 46.1 Å². The molecule has 0 spiro atoms. The van der Waals surface area contributed by atoms with Crippen LogP contribution in [-0.4, -0.2) is 25.7 Å². The minimum Gasteiger partial charge on any atom is -0.324 e. The van der Waals surface area contributed by atoms with Crippen LogP contribution in [0.3, 0.4) is 0 Å². The molecule has 0 atom stereocenters. The summed E-state index contributed by atoms with van der Waals surface area (Å²) in [5, 5.41) is 13.2. The van der Waals surface area contributed by atoms with E-state index in [4.69, 9.17) is 0 Å². The summed E-state index contributed by atoms with van der Waals surface area (Å²) >= 11 is 1.38. The van der Waals surface area contributed by atoms with Crippen molar-refractivity contribution >= 4 is 22.9 Å². The van der Waals surface area contributed by atoms with Crippen LogP contribution in [0.2, 0.25) is 0 Å². The lowest BCUT2D eigenvalue weighted by Gasteiger charge is -2.20. The number of anilines is 1. The Morgan fingerprint density at radius 3 is 2.30 bits per heavy atom. The molecule has 0 fully saturated rings. The second kappa shape index (κ2) is 7.87. The third-order valence-corrected chi connectivity index (χ3v) is 5.13. The van der Waals surface area contributed by atoms with Gasteiger partial charge in [-0.15, -0.1) is 11.3 Å². The van der Waals surface area contributed by atoms with E-state index in [0.717, 1.165) is 21.5 Å². The van der Waals surface area contributed by atoms with Crippen molar-refractivity contribution in [2.75, 3.05) is 5.32 Å². The SMILES string of the molecule is CC(C)c1cccc(C(C)C)c1NC(=O)Cn1nnn(-c2cccs2)c1=O. The Morgan fingerprint density at radius 1 is 1.07 bits per heavy atom. The maximum absolute atomic E-state index is 12.6. The fourth-order valence-corrected chi connectivity index (χ4v) is 3.58. The molecule has 0 saturated carbocycles. The zero-order valence-electron chi connectivity index (χ0n) is 15.8. The number of carbonyl (C=O) groups is 1.